The minimum absolute atomic E-state index is 0.837. The van der Waals surface area contributed by atoms with Crippen molar-refractivity contribution in [3.8, 4) is 5.75 Å². The van der Waals surface area contributed by atoms with Gasteiger partial charge in [-0.05, 0) is 24.3 Å². The van der Waals surface area contributed by atoms with Gasteiger partial charge in [0, 0.05) is 16.1 Å². The lowest BCUT2D eigenvalue weighted by Gasteiger charge is -2.29. The summed E-state index contributed by atoms with van der Waals surface area (Å²) >= 11 is 6.08. The number of hydrogen-bond acceptors (Lipinski definition) is 1. The Bertz CT molecular complexity index is 639. The first kappa shape index (κ1) is 16.3. The molecule has 122 valence electrons. The summed E-state index contributed by atoms with van der Waals surface area (Å²) in [7, 11) is 1.73. The molecule has 1 aliphatic rings. The minimum atomic E-state index is 0.837. The van der Waals surface area contributed by atoms with Crippen LogP contribution in [-0.2, 0) is 13.1 Å². The summed E-state index contributed by atoms with van der Waals surface area (Å²) in [5, 5.41) is 0.837. The van der Waals surface area contributed by atoms with Crippen LogP contribution in [0.3, 0.4) is 0 Å². The lowest BCUT2D eigenvalue weighted by molar-refractivity contribution is -1.02. The molecule has 0 atom stereocenters. The monoisotopic (exact) mass is 332 g/mol. The fourth-order valence-electron chi connectivity index (χ4n) is 3.32. The number of rotatable bonds is 5. The topological polar surface area (TPSA) is 18.1 Å². The van der Waals surface area contributed by atoms with Gasteiger partial charge in [-0.25, -0.2) is 0 Å². The van der Waals surface area contributed by atoms with Crippen molar-refractivity contribution >= 4 is 11.6 Å². The molecule has 0 radical (unpaired) electrons. The van der Waals surface area contributed by atoms with Crippen molar-refractivity contribution in [1.29, 1.82) is 0 Å². The van der Waals surface area contributed by atoms with E-state index in [9.17, 15) is 0 Å². The quantitative estimate of drug-likeness (QED) is 0.830. The second kappa shape index (κ2) is 7.82. The molecule has 23 heavy (non-hydrogen) atoms. The zero-order chi connectivity index (χ0) is 16.1. The molecule has 1 aliphatic heterocycles. The summed E-state index contributed by atoms with van der Waals surface area (Å²) < 4.78 is 5.31. The van der Waals surface area contributed by atoms with Crippen molar-refractivity contribution in [3.63, 3.8) is 0 Å². The standard InChI is InChI=1S/C19H23ClN2O/c1-23-19-7-3-5-17(13-19)15-22-10-8-21(9-11-22)14-16-4-2-6-18(20)12-16/h2-7,12-13H,8-11,14-15H2,1H3/p+2. The zero-order valence-corrected chi connectivity index (χ0v) is 14.4. The van der Waals surface area contributed by atoms with E-state index < -0.39 is 0 Å². The number of ether oxygens (including phenoxy) is 1. The van der Waals surface area contributed by atoms with Gasteiger partial charge in [-0.3, -0.25) is 0 Å². The van der Waals surface area contributed by atoms with E-state index in [1.807, 2.05) is 18.2 Å². The van der Waals surface area contributed by atoms with Gasteiger partial charge in [0.2, 0.25) is 0 Å². The molecule has 1 fully saturated rings. The van der Waals surface area contributed by atoms with Crippen molar-refractivity contribution in [2.75, 3.05) is 33.3 Å². The largest absolute Gasteiger partial charge is 0.497 e. The van der Waals surface area contributed by atoms with E-state index >= 15 is 0 Å². The molecule has 0 saturated carbocycles. The number of benzene rings is 2. The van der Waals surface area contributed by atoms with E-state index in [4.69, 9.17) is 16.3 Å². The van der Waals surface area contributed by atoms with Crippen LogP contribution in [0.5, 0.6) is 5.75 Å². The van der Waals surface area contributed by atoms with Crippen molar-refractivity contribution < 1.29 is 14.5 Å². The first-order valence-electron chi connectivity index (χ1n) is 8.27. The molecule has 0 aromatic heterocycles. The molecule has 4 heteroatoms. The molecule has 0 amide bonds. The Morgan fingerprint density at radius 3 is 2.00 bits per heavy atom. The van der Waals surface area contributed by atoms with Gasteiger partial charge >= 0.3 is 0 Å². The summed E-state index contributed by atoms with van der Waals surface area (Å²) in [6.07, 6.45) is 0. The Hall–Kier alpha value is -1.55. The Morgan fingerprint density at radius 1 is 0.870 bits per heavy atom. The van der Waals surface area contributed by atoms with Crippen LogP contribution in [0, 0.1) is 0 Å². The van der Waals surface area contributed by atoms with Gasteiger partial charge in [0.1, 0.15) is 45.0 Å². The van der Waals surface area contributed by atoms with Crippen LogP contribution in [0.15, 0.2) is 48.5 Å². The number of quaternary nitrogens is 2. The fraction of sp³-hybridized carbons (Fsp3) is 0.368. The average molecular weight is 333 g/mol. The van der Waals surface area contributed by atoms with Crippen molar-refractivity contribution in [2.45, 2.75) is 13.1 Å². The number of halogens is 1. The molecule has 0 bridgehead atoms. The lowest BCUT2D eigenvalue weighted by atomic mass is 10.1. The van der Waals surface area contributed by atoms with Crippen molar-refractivity contribution in [1.82, 2.24) is 0 Å². The molecule has 0 unspecified atom stereocenters. The summed E-state index contributed by atoms with van der Waals surface area (Å²) in [6.45, 7) is 7.02. The lowest BCUT2D eigenvalue weighted by Crippen LogP contribution is -3.27. The zero-order valence-electron chi connectivity index (χ0n) is 13.6. The Balaban J connectivity index is 1.50. The molecule has 2 N–H and O–H groups in total. The Morgan fingerprint density at radius 2 is 1.43 bits per heavy atom. The number of piperazine rings is 1. The van der Waals surface area contributed by atoms with E-state index in [-0.39, 0.29) is 0 Å². The maximum absolute atomic E-state index is 6.08. The highest BCUT2D eigenvalue weighted by Gasteiger charge is 2.23. The van der Waals surface area contributed by atoms with E-state index in [2.05, 4.69) is 30.3 Å². The normalized spacial score (nSPS) is 21.1. The van der Waals surface area contributed by atoms with Gasteiger partial charge in [-0.1, -0.05) is 35.9 Å². The molecule has 3 nitrogen and oxygen atoms in total. The van der Waals surface area contributed by atoms with Crippen LogP contribution in [-0.4, -0.2) is 33.3 Å². The average Bonchev–Trinajstić information content (AvgIpc) is 2.57. The summed E-state index contributed by atoms with van der Waals surface area (Å²) in [6, 6.07) is 16.7. The summed E-state index contributed by atoms with van der Waals surface area (Å²) in [5.74, 6) is 0.951. The van der Waals surface area contributed by atoms with Gasteiger partial charge in [0.05, 0.1) is 7.11 Å². The third-order valence-corrected chi connectivity index (χ3v) is 4.83. The van der Waals surface area contributed by atoms with Gasteiger partial charge < -0.3 is 14.5 Å². The maximum Gasteiger partial charge on any atom is 0.127 e. The first-order valence-corrected chi connectivity index (χ1v) is 8.65. The number of methoxy groups -OCH3 is 1. The fourth-order valence-corrected chi connectivity index (χ4v) is 3.53. The highest BCUT2D eigenvalue weighted by molar-refractivity contribution is 6.30. The summed E-state index contributed by atoms with van der Waals surface area (Å²) in [5.41, 5.74) is 2.70. The molecule has 3 rings (SSSR count). The highest BCUT2D eigenvalue weighted by Crippen LogP contribution is 2.11. The Kier molecular flexibility index (Phi) is 5.55. The van der Waals surface area contributed by atoms with Crippen LogP contribution >= 0.6 is 11.6 Å². The molecule has 2 aromatic rings. The highest BCUT2D eigenvalue weighted by atomic mass is 35.5. The van der Waals surface area contributed by atoms with Gasteiger partial charge in [-0.2, -0.15) is 0 Å². The second-order valence-corrected chi connectivity index (χ2v) is 6.77. The molecule has 1 heterocycles. The van der Waals surface area contributed by atoms with E-state index in [0.717, 1.165) is 23.9 Å². The van der Waals surface area contributed by atoms with E-state index in [0.29, 0.717) is 0 Å². The molecule has 0 aliphatic carbocycles. The Labute approximate surface area is 143 Å². The number of nitrogens with one attached hydrogen (secondary N) is 2. The van der Waals surface area contributed by atoms with Crippen LogP contribution in [0.1, 0.15) is 11.1 Å². The molecule has 2 aromatic carbocycles. The molecule has 1 saturated heterocycles. The predicted octanol–water partition coefficient (Wildman–Crippen LogP) is 0.832. The summed E-state index contributed by atoms with van der Waals surface area (Å²) in [4.78, 5) is 3.31. The van der Waals surface area contributed by atoms with E-state index in [1.54, 1.807) is 16.9 Å². The predicted molar refractivity (Wildman–Crippen MR) is 93.2 cm³/mol. The maximum atomic E-state index is 6.08. The minimum Gasteiger partial charge on any atom is -0.497 e. The third-order valence-electron chi connectivity index (χ3n) is 4.60. The number of hydrogen-bond donors (Lipinski definition) is 2. The smallest absolute Gasteiger partial charge is 0.127 e. The van der Waals surface area contributed by atoms with Gasteiger partial charge in [0.25, 0.3) is 0 Å². The van der Waals surface area contributed by atoms with Gasteiger partial charge in [0.15, 0.2) is 0 Å². The van der Waals surface area contributed by atoms with Crippen LogP contribution in [0.25, 0.3) is 0 Å². The third kappa shape index (κ3) is 4.71. The van der Waals surface area contributed by atoms with E-state index in [1.165, 1.54) is 37.3 Å². The second-order valence-electron chi connectivity index (χ2n) is 6.34. The van der Waals surface area contributed by atoms with Crippen LogP contribution in [0.2, 0.25) is 5.02 Å². The van der Waals surface area contributed by atoms with Crippen LogP contribution in [0.4, 0.5) is 0 Å². The van der Waals surface area contributed by atoms with Crippen molar-refractivity contribution in [2.24, 2.45) is 0 Å². The molecular weight excluding hydrogens is 308 g/mol. The van der Waals surface area contributed by atoms with Crippen molar-refractivity contribution in [3.05, 3.63) is 64.7 Å². The first-order chi connectivity index (χ1) is 11.2. The van der Waals surface area contributed by atoms with Gasteiger partial charge in [-0.15, -0.1) is 0 Å². The SMILES string of the molecule is COc1cccc(C[NH+]2CC[NH+](Cc3cccc(Cl)c3)CC2)c1. The molecule has 0 spiro atoms. The molecular formula is C19H25ClN2O+2. The van der Waals surface area contributed by atoms with Crippen LogP contribution < -0.4 is 14.5 Å².